The zero-order chi connectivity index (χ0) is 13.9. The van der Waals surface area contributed by atoms with Crippen molar-refractivity contribution >= 4 is 27.5 Å². The van der Waals surface area contributed by atoms with E-state index >= 15 is 0 Å². The molecule has 0 N–H and O–H groups in total. The van der Waals surface area contributed by atoms with Gasteiger partial charge >= 0.3 is 0 Å². The van der Waals surface area contributed by atoms with Crippen molar-refractivity contribution in [1.29, 1.82) is 0 Å². The normalized spacial score (nSPS) is 11.8. The van der Waals surface area contributed by atoms with Crippen molar-refractivity contribution < 1.29 is 0 Å². The Morgan fingerprint density at radius 1 is 0.900 bits per heavy atom. The first-order valence-corrected chi connectivity index (χ1v) is 6.92. The van der Waals surface area contributed by atoms with E-state index in [1.54, 1.807) is 0 Å². The fourth-order valence-corrected chi connectivity index (χ4v) is 2.86. The fraction of sp³-hybridized carbons (Fsp3) is 0.167. The maximum atomic E-state index is 4.85. The van der Waals surface area contributed by atoms with Gasteiger partial charge in [0.2, 0.25) is 0 Å². The van der Waals surface area contributed by atoms with Crippen molar-refractivity contribution in [3.8, 4) is 0 Å². The van der Waals surface area contributed by atoms with E-state index in [1.165, 1.54) is 33.0 Å². The lowest BCUT2D eigenvalue weighted by atomic mass is 10.1. The molecule has 2 nitrogen and oxygen atoms in total. The molecule has 0 fully saturated rings. The van der Waals surface area contributed by atoms with Gasteiger partial charge in [-0.3, -0.25) is 4.40 Å². The monoisotopic (exact) mass is 260 g/mol. The lowest BCUT2D eigenvalue weighted by Crippen LogP contribution is -1.87. The Balaban J connectivity index is 2.25. The third-order valence-electron chi connectivity index (χ3n) is 4.16. The predicted molar refractivity (Wildman–Crippen MR) is 84.4 cm³/mol. The lowest BCUT2D eigenvalue weighted by molar-refractivity contribution is 1.24. The van der Waals surface area contributed by atoms with Crippen molar-refractivity contribution in [3.63, 3.8) is 0 Å². The number of rotatable bonds is 0. The van der Waals surface area contributed by atoms with Crippen LogP contribution < -0.4 is 0 Å². The molecule has 0 radical (unpaired) electrons. The highest BCUT2D eigenvalue weighted by Gasteiger charge is 2.09. The van der Waals surface area contributed by atoms with E-state index in [0.29, 0.717) is 0 Å². The van der Waals surface area contributed by atoms with E-state index in [-0.39, 0.29) is 0 Å². The number of pyridine rings is 1. The summed E-state index contributed by atoms with van der Waals surface area (Å²) in [5.74, 6) is 0. The van der Waals surface area contributed by atoms with E-state index in [4.69, 9.17) is 4.98 Å². The first-order chi connectivity index (χ1) is 9.63. The summed E-state index contributed by atoms with van der Waals surface area (Å²) >= 11 is 0. The first-order valence-electron chi connectivity index (χ1n) is 6.92. The molecule has 0 saturated carbocycles. The van der Waals surface area contributed by atoms with Crippen molar-refractivity contribution in [1.82, 2.24) is 9.38 Å². The zero-order valence-electron chi connectivity index (χ0n) is 11.9. The number of hydrogen-bond acceptors (Lipinski definition) is 1. The molecule has 20 heavy (non-hydrogen) atoms. The van der Waals surface area contributed by atoms with Gasteiger partial charge in [0.05, 0.1) is 11.0 Å². The Labute approximate surface area is 117 Å². The van der Waals surface area contributed by atoms with Crippen LogP contribution in [0.2, 0.25) is 0 Å². The second-order valence-electron chi connectivity index (χ2n) is 5.64. The van der Waals surface area contributed by atoms with Crippen molar-refractivity contribution in [2.75, 3.05) is 0 Å². The molecule has 0 bridgehead atoms. The Bertz CT molecular complexity index is 977. The molecular formula is C18H16N2. The maximum Gasteiger partial charge on any atom is 0.145 e. The molecule has 0 aliphatic heterocycles. The topological polar surface area (TPSA) is 17.3 Å². The predicted octanol–water partition coefficient (Wildman–Crippen LogP) is 4.57. The molecule has 4 aromatic rings. The number of aryl methyl sites for hydroxylation is 3. The van der Waals surface area contributed by atoms with Gasteiger partial charge in [0, 0.05) is 11.6 Å². The third kappa shape index (κ3) is 1.48. The van der Waals surface area contributed by atoms with Crippen LogP contribution >= 0.6 is 0 Å². The van der Waals surface area contributed by atoms with E-state index in [0.717, 1.165) is 11.2 Å². The third-order valence-corrected chi connectivity index (χ3v) is 4.16. The van der Waals surface area contributed by atoms with Gasteiger partial charge in [-0.25, -0.2) is 4.98 Å². The molecule has 4 rings (SSSR count). The average molecular weight is 260 g/mol. The molecule has 0 amide bonds. The number of aromatic nitrogens is 2. The Kier molecular flexibility index (Phi) is 2.19. The molecule has 0 aliphatic rings. The Morgan fingerprint density at radius 3 is 2.55 bits per heavy atom. The van der Waals surface area contributed by atoms with Crippen LogP contribution in [-0.4, -0.2) is 9.38 Å². The van der Waals surface area contributed by atoms with Gasteiger partial charge in [0.25, 0.3) is 0 Å². The van der Waals surface area contributed by atoms with E-state index in [1.807, 2.05) is 0 Å². The molecule has 0 saturated heterocycles. The fourth-order valence-electron chi connectivity index (χ4n) is 2.86. The Hall–Kier alpha value is -2.35. The molecule has 0 spiro atoms. The molecule has 0 aliphatic carbocycles. The van der Waals surface area contributed by atoms with Gasteiger partial charge in [0.15, 0.2) is 0 Å². The van der Waals surface area contributed by atoms with Crippen LogP contribution in [0, 0.1) is 20.8 Å². The minimum absolute atomic E-state index is 1.05. The minimum Gasteiger partial charge on any atom is -0.299 e. The Morgan fingerprint density at radius 2 is 1.70 bits per heavy atom. The first kappa shape index (κ1) is 11.5. The number of imidazole rings is 1. The highest BCUT2D eigenvalue weighted by Crippen LogP contribution is 2.26. The van der Waals surface area contributed by atoms with Gasteiger partial charge in [0.1, 0.15) is 5.65 Å². The zero-order valence-corrected chi connectivity index (χ0v) is 11.9. The van der Waals surface area contributed by atoms with Crippen molar-refractivity contribution in [2.24, 2.45) is 0 Å². The number of benzene rings is 2. The highest BCUT2D eigenvalue weighted by atomic mass is 15.0. The van der Waals surface area contributed by atoms with Gasteiger partial charge in [-0.1, -0.05) is 17.7 Å². The summed E-state index contributed by atoms with van der Waals surface area (Å²) in [6.07, 6.45) is 2.12. The summed E-state index contributed by atoms with van der Waals surface area (Å²) in [5.41, 5.74) is 7.18. The second kappa shape index (κ2) is 3.83. The standard InChI is InChI=1S/C18H16N2/c1-11-4-5-14-6-7-20-17-10-13(3)12(2)9-16(17)19-18(20)15(14)8-11/h4-10H,1-3H3. The van der Waals surface area contributed by atoms with Crippen LogP contribution in [0.5, 0.6) is 0 Å². The van der Waals surface area contributed by atoms with Crippen LogP contribution in [0.1, 0.15) is 16.7 Å². The van der Waals surface area contributed by atoms with Crippen LogP contribution in [0.3, 0.4) is 0 Å². The summed E-state index contributed by atoms with van der Waals surface area (Å²) < 4.78 is 2.20. The molecule has 0 unspecified atom stereocenters. The number of nitrogens with zero attached hydrogens (tertiary/aromatic N) is 2. The van der Waals surface area contributed by atoms with Crippen LogP contribution in [-0.2, 0) is 0 Å². The van der Waals surface area contributed by atoms with Gasteiger partial charge < -0.3 is 0 Å². The minimum atomic E-state index is 1.05. The van der Waals surface area contributed by atoms with Crippen LogP contribution in [0.4, 0.5) is 0 Å². The molecule has 98 valence electrons. The summed E-state index contributed by atoms with van der Waals surface area (Å²) in [7, 11) is 0. The molecular weight excluding hydrogens is 244 g/mol. The van der Waals surface area contributed by atoms with Crippen molar-refractivity contribution in [2.45, 2.75) is 20.8 Å². The van der Waals surface area contributed by atoms with Crippen LogP contribution in [0.15, 0.2) is 42.6 Å². The number of hydrogen-bond donors (Lipinski definition) is 0. The van der Waals surface area contributed by atoms with Crippen molar-refractivity contribution in [3.05, 3.63) is 59.3 Å². The molecule has 2 heterocycles. The highest BCUT2D eigenvalue weighted by molar-refractivity contribution is 5.98. The molecule has 2 aromatic heterocycles. The van der Waals surface area contributed by atoms with Gasteiger partial charge in [-0.2, -0.15) is 0 Å². The SMILES string of the molecule is Cc1ccc2ccn3c4cc(C)c(C)cc4nc3c2c1. The van der Waals surface area contributed by atoms with E-state index in [9.17, 15) is 0 Å². The molecule has 2 heteroatoms. The summed E-state index contributed by atoms with van der Waals surface area (Å²) in [4.78, 5) is 4.85. The molecule has 2 aromatic carbocycles. The summed E-state index contributed by atoms with van der Waals surface area (Å²) in [6, 6.07) is 13.1. The van der Waals surface area contributed by atoms with E-state index < -0.39 is 0 Å². The second-order valence-corrected chi connectivity index (χ2v) is 5.64. The quantitative estimate of drug-likeness (QED) is 0.453. The summed E-state index contributed by atoms with van der Waals surface area (Å²) in [6.45, 7) is 6.42. The average Bonchev–Trinajstić information content (AvgIpc) is 2.77. The largest absolute Gasteiger partial charge is 0.299 e. The summed E-state index contributed by atoms with van der Waals surface area (Å²) in [5, 5.41) is 2.46. The van der Waals surface area contributed by atoms with Gasteiger partial charge in [-0.15, -0.1) is 0 Å². The smallest absolute Gasteiger partial charge is 0.145 e. The lowest BCUT2D eigenvalue weighted by Gasteiger charge is -2.03. The maximum absolute atomic E-state index is 4.85. The number of fused-ring (bicyclic) bond motifs is 5. The van der Waals surface area contributed by atoms with Crippen LogP contribution in [0.25, 0.3) is 27.5 Å². The molecule has 0 atom stereocenters. The van der Waals surface area contributed by atoms with E-state index in [2.05, 4.69) is 67.8 Å². The van der Waals surface area contributed by atoms with Gasteiger partial charge in [-0.05, 0) is 61.5 Å².